The first-order valence-electron chi connectivity index (χ1n) is 9.23. The Labute approximate surface area is 180 Å². The number of fused-ring (bicyclic) bond motifs is 1. The predicted molar refractivity (Wildman–Crippen MR) is 109 cm³/mol. The molecule has 2 aromatic rings. The van der Waals surface area contributed by atoms with E-state index in [1.165, 1.54) is 6.07 Å². The summed E-state index contributed by atoms with van der Waals surface area (Å²) in [6.45, 7) is 7.05. The van der Waals surface area contributed by atoms with Crippen molar-refractivity contribution >= 4 is 38.8 Å². The van der Waals surface area contributed by atoms with Crippen LogP contribution in [0, 0.1) is 5.82 Å². The molecular formula is C19H22BrFN4O5. The summed E-state index contributed by atoms with van der Waals surface area (Å²) in [7, 11) is 0. The quantitative estimate of drug-likeness (QED) is 0.683. The molecule has 1 aromatic carbocycles. The molecule has 11 heteroatoms. The van der Waals surface area contributed by atoms with Gasteiger partial charge in [-0.25, -0.2) is 24.1 Å². The first-order chi connectivity index (χ1) is 14.0. The number of nitrogens with one attached hydrogen (secondary N) is 1. The third kappa shape index (κ3) is 4.46. The van der Waals surface area contributed by atoms with Crippen LogP contribution in [0.3, 0.4) is 0 Å². The summed E-state index contributed by atoms with van der Waals surface area (Å²) in [6, 6.07) is 0.0729. The van der Waals surface area contributed by atoms with Gasteiger partial charge >= 0.3 is 6.09 Å². The van der Waals surface area contributed by atoms with E-state index in [2.05, 4.69) is 31.2 Å². The van der Waals surface area contributed by atoms with Crippen molar-refractivity contribution in [1.82, 2.24) is 20.2 Å². The van der Waals surface area contributed by atoms with Crippen molar-refractivity contribution in [3.8, 4) is 11.6 Å². The molecule has 0 saturated carbocycles. The summed E-state index contributed by atoms with van der Waals surface area (Å²) < 4.78 is 25.4. The summed E-state index contributed by atoms with van der Waals surface area (Å²) in [4.78, 5) is 33.9. The third-order valence-electron chi connectivity index (χ3n) is 4.38. The highest BCUT2D eigenvalue weighted by molar-refractivity contribution is 9.10. The Morgan fingerprint density at radius 2 is 2.13 bits per heavy atom. The normalized spacial score (nSPS) is 19.8. The zero-order valence-corrected chi connectivity index (χ0v) is 18.5. The minimum Gasteiger partial charge on any atom is -0.493 e. The number of hydrogen-bond acceptors (Lipinski definition) is 8. The average molecular weight is 485 g/mol. The van der Waals surface area contributed by atoms with Gasteiger partial charge in [-0.2, -0.15) is 0 Å². The molecule has 0 bridgehead atoms. The Balaban J connectivity index is 1.82. The standard InChI is InChI=1S/C19H22BrFN4O5/c1-9-6-22-11(17(27)25(9)18(28)30-19(2,3)4)7-29-12-5-10(20)14(21)15-13(12)16(26)24-8-23-15/h5,8-9,11,22H,6-7H2,1-4H3,(H,23,24,26)/t9-,11+/m0/s1. The van der Waals surface area contributed by atoms with Crippen molar-refractivity contribution in [3.63, 3.8) is 0 Å². The largest absolute Gasteiger partial charge is 0.493 e. The minimum absolute atomic E-state index is 0.0150. The van der Waals surface area contributed by atoms with Crippen LogP contribution in [0.15, 0.2) is 16.9 Å². The van der Waals surface area contributed by atoms with Crippen molar-refractivity contribution in [3.05, 3.63) is 22.7 Å². The maximum Gasteiger partial charge on any atom is 0.417 e. The van der Waals surface area contributed by atoms with Gasteiger partial charge in [0.05, 0.1) is 10.5 Å². The molecule has 0 aliphatic carbocycles. The number of imide groups is 1. The Bertz CT molecular complexity index is 997. The number of hydrogen-bond donors (Lipinski definition) is 2. The number of halogens is 2. The van der Waals surface area contributed by atoms with E-state index in [0.29, 0.717) is 6.54 Å². The molecule has 1 aromatic heterocycles. The zero-order chi connectivity index (χ0) is 22.2. The van der Waals surface area contributed by atoms with Crippen LogP contribution in [0.5, 0.6) is 11.6 Å². The maximum atomic E-state index is 14.3. The molecule has 2 heterocycles. The van der Waals surface area contributed by atoms with Gasteiger partial charge in [0.1, 0.15) is 41.2 Å². The number of carbonyl (C=O) groups is 2. The van der Waals surface area contributed by atoms with Crippen molar-refractivity contribution in [1.29, 1.82) is 0 Å². The molecule has 1 fully saturated rings. The van der Waals surface area contributed by atoms with Gasteiger partial charge in [-0.3, -0.25) is 4.79 Å². The lowest BCUT2D eigenvalue weighted by Gasteiger charge is -2.37. The van der Waals surface area contributed by atoms with Crippen LogP contribution in [0.25, 0.3) is 10.9 Å². The number of piperazine rings is 1. The Kier molecular flexibility index (Phi) is 6.14. The lowest BCUT2D eigenvalue weighted by atomic mass is 10.1. The monoisotopic (exact) mass is 484 g/mol. The number of nitrogens with zero attached hydrogens (tertiary/aromatic N) is 3. The first-order valence-corrected chi connectivity index (χ1v) is 10.0. The summed E-state index contributed by atoms with van der Waals surface area (Å²) in [5, 5.41) is 13.1. The Morgan fingerprint density at radius 3 is 2.80 bits per heavy atom. The van der Waals surface area contributed by atoms with E-state index in [-0.39, 0.29) is 27.7 Å². The summed E-state index contributed by atoms with van der Waals surface area (Å²) in [5.41, 5.74) is -0.871. The summed E-state index contributed by atoms with van der Waals surface area (Å²) in [5.74, 6) is -1.54. The lowest BCUT2D eigenvalue weighted by molar-refractivity contribution is -0.137. The van der Waals surface area contributed by atoms with Crippen LogP contribution in [-0.2, 0) is 9.53 Å². The molecule has 2 atom stereocenters. The molecule has 9 nitrogen and oxygen atoms in total. The number of aromatic hydroxyl groups is 1. The van der Waals surface area contributed by atoms with Crippen molar-refractivity contribution in [2.24, 2.45) is 0 Å². The topological polar surface area (TPSA) is 114 Å². The maximum absolute atomic E-state index is 14.3. The van der Waals surface area contributed by atoms with Gasteiger partial charge in [-0.05, 0) is 49.7 Å². The van der Waals surface area contributed by atoms with Crippen molar-refractivity contribution in [2.45, 2.75) is 45.4 Å². The van der Waals surface area contributed by atoms with Crippen LogP contribution in [0.2, 0.25) is 0 Å². The SMILES string of the molecule is C[C@H]1CN[C@H](COc2cc(Br)c(F)c3ncnc(O)c23)C(=O)N1C(=O)OC(C)(C)C. The predicted octanol–water partition coefficient (Wildman–Crippen LogP) is 2.74. The first kappa shape index (κ1) is 22.2. The fourth-order valence-electron chi connectivity index (χ4n) is 3.01. The fraction of sp³-hybridized carbons (Fsp3) is 0.474. The third-order valence-corrected chi connectivity index (χ3v) is 4.96. The van der Waals surface area contributed by atoms with Gasteiger partial charge in [-0.1, -0.05) is 0 Å². The molecular weight excluding hydrogens is 463 g/mol. The molecule has 1 aliphatic heterocycles. The molecule has 162 valence electrons. The molecule has 2 amide bonds. The second kappa shape index (κ2) is 8.31. The van der Waals surface area contributed by atoms with Crippen molar-refractivity contribution < 1.29 is 28.6 Å². The molecule has 3 rings (SSSR count). The fourth-order valence-corrected chi connectivity index (χ4v) is 3.40. The van der Waals surface area contributed by atoms with Crippen LogP contribution in [-0.4, -0.2) is 62.8 Å². The molecule has 0 spiro atoms. The zero-order valence-electron chi connectivity index (χ0n) is 16.9. The smallest absolute Gasteiger partial charge is 0.417 e. The second-order valence-corrected chi connectivity index (χ2v) is 8.76. The minimum atomic E-state index is -0.848. The number of carbonyl (C=O) groups excluding carboxylic acids is 2. The van der Waals surface area contributed by atoms with Gasteiger partial charge < -0.3 is 19.9 Å². The number of rotatable bonds is 3. The number of benzene rings is 1. The van der Waals surface area contributed by atoms with E-state index in [4.69, 9.17) is 9.47 Å². The van der Waals surface area contributed by atoms with E-state index in [0.717, 1.165) is 11.2 Å². The average Bonchev–Trinajstić information content (AvgIpc) is 2.63. The van der Waals surface area contributed by atoms with E-state index in [1.54, 1.807) is 27.7 Å². The Hall–Kier alpha value is -2.53. The molecule has 1 saturated heterocycles. The molecule has 0 unspecified atom stereocenters. The van der Waals surface area contributed by atoms with E-state index in [1.807, 2.05) is 0 Å². The summed E-state index contributed by atoms with van der Waals surface area (Å²) in [6.07, 6.45) is 0.302. The van der Waals surface area contributed by atoms with E-state index >= 15 is 0 Å². The molecule has 30 heavy (non-hydrogen) atoms. The van der Waals surface area contributed by atoms with Crippen LogP contribution in [0.4, 0.5) is 9.18 Å². The van der Waals surface area contributed by atoms with E-state index < -0.39 is 41.4 Å². The van der Waals surface area contributed by atoms with Crippen LogP contribution < -0.4 is 10.1 Å². The highest BCUT2D eigenvalue weighted by Gasteiger charge is 2.39. The Morgan fingerprint density at radius 1 is 1.43 bits per heavy atom. The molecule has 1 aliphatic rings. The second-order valence-electron chi connectivity index (χ2n) is 7.90. The van der Waals surface area contributed by atoms with Crippen LogP contribution >= 0.6 is 15.9 Å². The lowest BCUT2D eigenvalue weighted by Crippen LogP contribution is -2.63. The number of aromatic nitrogens is 2. The molecule has 2 N–H and O–H groups in total. The van der Waals surface area contributed by atoms with Gasteiger partial charge in [-0.15, -0.1) is 0 Å². The molecule has 0 radical (unpaired) electrons. The number of ether oxygens (including phenoxy) is 2. The van der Waals surface area contributed by atoms with Crippen molar-refractivity contribution in [2.75, 3.05) is 13.2 Å². The highest BCUT2D eigenvalue weighted by atomic mass is 79.9. The van der Waals surface area contributed by atoms with Gasteiger partial charge in [0.15, 0.2) is 5.82 Å². The van der Waals surface area contributed by atoms with Gasteiger partial charge in [0.2, 0.25) is 5.88 Å². The van der Waals surface area contributed by atoms with E-state index in [9.17, 15) is 19.1 Å². The van der Waals surface area contributed by atoms with Gasteiger partial charge in [0, 0.05) is 6.54 Å². The van der Waals surface area contributed by atoms with Crippen LogP contribution in [0.1, 0.15) is 27.7 Å². The highest BCUT2D eigenvalue weighted by Crippen LogP contribution is 2.36. The number of amides is 2. The van der Waals surface area contributed by atoms with Gasteiger partial charge in [0.25, 0.3) is 5.91 Å². The summed E-state index contributed by atoms with van der Waals surface area (Å²) >= 11 is 3.08.